The molecule has 0 amide bonds. The molecule has 1 rings (SSSR count). The van der Waals surface area contributed by atoms with Crippen molar-refractivity contribution in [1.29, 1.82) is 0 Å². The van der Waals surface area contributed by atoms with Gasteiger partial charge in [0, 0.05) is 12.6 Å². The summed E-state index contributed by atoms with van der Waals surface area (Å²) in [5.74, 6) is 1.22. The fraction of sp³-hybridized carbons (Fsp3) is 0.667. The summed E-state index contributed by atoms with van der Waals surface area (Å²) in [5, 5.41) is 3.10. The van der Waals surface area contributed by atoms with Gasteiger partial charge >= 0.3 is 5.69 Å². The molecule has 1 aromatic rings. The van der Waals surface area contributed by atoms with Gasteiger partial charge in [-0.3, -0.25) is 14.3 Å². The minimum absolute atomic E-state index is 0.128. The Bertz CT molecular complexity index is 523. The van der Waals surface area contributed by atoms with E-state index in [-0.39, 0.29) is 11.9 Å². The highest BCUT2D eigenvalue weighted by Crippen LogP contribution is 2.13. The summed E-state index contributed by atoms with van der Waals surface area (Å²) in [5.41, 5.74) is 5.31. The lowest BCUT2D eigenvalue weighted by molar-refractivity contribution is 0.640. The molecule has 108 valence electrons. The maximum absolute atomic E-state index is 11.8. The first-order valence-electron chi connectivity index (χ1n) is 6.39. The van der Waals surface area contributed by atoms with E-state index in [4.69, 9.17) is 5.73 Å². The van der Waals surface area contributed by atoms with Crippen molar-refractivity contribution >= 4 is 23.3 Å². The van der Waals surface area contributed by atoms with Crippen LogP contribution in [0.3, 0.4) is 0 Å². The van der Waals surface area contributed by atoms with E-state index < -0.39 is 11.2 Å². The molecule has 0 spiro atoms. The summed E-state index contributed by atoms with van der Waals surface area (Å²) in [6, 6.07) is 0.128. The fourth-order valence-electron chi connectivity index (χ4n) is 1.79. The lowest BCUT2D eigenvalue weighted by atomic mass is 10.2. The standard InChI is InChI=1S/C12H22N4O2S/c1-4-6-16-10(13)9(11(17)15-12(16)18)14-8(2)5-7-19-3/h8,14H,4-7,13H2,1-3H3,(H,15,17,18). The molecule has 0 radical (unpaired) electrons. The summed E-state index contributed by atoms with van der Waals surface area (Å²) in [7, 11) is 0. The van der Waals surface area contributed by atoms with Crippen molar-refractivity contribution < 1.29 is 0 Å². The topological polar surface area (TPSA) is 92.9 Å². The van der Waals surface area contributed by atoms with Gasteiger partial charge in [-0.2, -0.15) is 11.8 Å². The third kappa shape index (κ3) is 4.05. The van der Waals surface area contributed by atoms with Crippen molar-refractivity contribution in [2.75, 3.05) is 23.1 Å². The zero-order chi connectivity index (χ0) is 14.4. The van der Waals surface area contributed by atoms with E-state index in [2.05, 4.69) is 10.3 Å². The van der Waals surface area contributed by atoms with E-state index in [1.165, 1.54) is 4.57 Å². The second kappa shape index (κ2) is 7.28. The van der Waals surface area contributed by atoms with E-state index >= 15 is 0 Å². The highest BCUT2D eigenvalue weighted by molar-refractivity contribution is 7.98. The minimum Gasteiger partial charge on any atom is -0.383 e. The Morgan fingerprint density at radius 3 is 2.74 bits per heavy atom. The van der Waals surface area contributed by atoms with E-state index in [0.29, 0.717) is 12.2 Å². The van der Waals surface area contributed by atoms with Crippen molar-refractivity contribution in [3.05, 3.63) is 20.8 Å². The lowest BCUT2D eigenvalue weighted by Crippen LogP contribution is -2.35. The second-order valence-electron chi connectivity index (χ2n) is 4.50. The molecule has 19 heavy (non-hydrogen) atoms. The number of nitrogen functional groups attached to an aromatic ring is 1. The van der Waals surface area contributed by atoms with Crippen LogP contribution in [-0.2, 0) is 6.54 Å². The van der Waals surface area contributed by atoms with Gasteiger partial charge in [0.15, 0.2) is 0 Å². The van der Waals surface area contributed by atoms with Gasteiger partial charge in [-0.25, -0.2) is 4.79 Å². The number of nitrogens with zero attached hydrogens (tertiary/aromatic N) is 1. The molecule has 4 N–H and O–H groups in total. The highest BCUT2D eigenvalue weighted by atomic mass is 32.2. The zero-order valence-electron chi connectivity index (χ0n) is 11.7. The number of nitrogens with one attached hydrogen (secondary N) is 2. The highest BCUT2D eigenvalue weighted by Gasteiger charge is 2.13. The Hall–Kier alpha value is -1.37. The first kappa shape index (κ1) is 15.7. The molecule has 0 aliphatic rings. The van der Waals surface area contributed by atoms with Crippen molar-refractivity contribution in [1.82, 2.24) is 9.55 Å². The SMILES string of the molecule is CCCn1c(N)c(NC(C)CCSC)c(=O)[nH]c1=O. The van der Waals surface area contributed by atoms with Crippen LogP contribution in [0.15, 0.2) is 9.59 Å². The lowest BCUT2D eigenvalue weighted by Gasteiger charge is -2.17. The predicted molar refractivity (Wildman–Crippen MR) is 82.1 cm³/mol. The summed E-state index contributed by atoms with van der Waals surface area (Å²) in [4.78, 5) is 25.8. The number of aromatic amines is 1. The van der Waals surface area contributed by atoms with Crippen LogP contribution in [0.5, 0.6) is 0 Å². The molecular formula is C12H22N4O2S. The number of hydrogen-bond donors (Lipinski definition) is 3. The third-order valence-corrected chi connectivity index (χ3v) is 3.48. The van der Waals surface area contributed by atoms with Crippen LogP contribution in [0, 0.1) is 0 Å². The van der Waals surface area contributed by atoms with E-state index in [9.17, 15) is 9.59 Å². The number of anilines is 2. The normalized spacial score (nSPS) is 12.4. The summed E-state index contributed by atoms with van der Waals surface area (Å²) >= 11 is 1.75. The average Bonchev–Trinajstić information content (AvgIpc) is 2.37. The predicted octanol–water partition coefficient (Wildman–Crippen LogP) is 1.08. The molecule has 0 bridgehead atoms. The van der Waals surface area contributed by atoms with Crippen LogP contribution in [0.25, 0.3) is 0 Å². The summed E-state index contributed by atoms with van der Waals surface area (Å²) in [6.07, 6.45) is 3.74. The van der Waals surface area contributed by atoms with E-state index in [1.54, 1.807) is 11.8 Å². The van der Waals surface area contributed by atoms with E-state index in [1.807, 2.05) is 20.1 Å². The first-order chi connectivity index (χ1) is 9.01. The van der Waals surface area contributed by atoms with Gasteiger partial charge in [-0.05, 0) is 31.8 Å². The largest absolute Gasteiger partial charge is 0.383 e. The van der Waals surface area contributed by atoms with Crippen LogP contribution in [0.2, 0.25) is 0 Å². The molecule has 1 heterocycles. The number of rotatable bonds is 7. The Balaban J connectivity index is 3.03. The van der Waals surface area contributed by atoms with Crippen LogP contribution >= 0.6 is 11.8 Å². The van der Waals surface area contributed by atoms with Gasteiger partial charge in [0.05, 0.1) is 0 Å². The molecule has 1 unspecified atom stereocenters. The number of aromatic nitrogens is 2. The maximum Gasteiger partial charge on any atom is 0.330 e. The van der Waals surface area contributed by atoms with E-state index in [0.717, 1.165) is 18.6 Å². The average molecular weight is 286 g/mol. The van der Waals surface area contributed by atoms with Gasteiger partial charge in [0.25, 0.3) is 5.56 Å². The first-order valence-corrected chi connectivity index (χ1v) is 7.78. The molecule has 0 aromatic carbocycles. The number of H-pyrrole nitrogens is 1. The zero-order valence-corrected chi connectivity index (χ0v) is 12.5. The Morgan fingerprint density at radius 2 is 2.16 bits per heavy atom. The molecular weight excluding hydrogens is 264 g/mol. The number of nitrogens with two attached hydrogens (primary N) is 1. The molecule has 6 nitrogen and oxygen atoms in total. The Kier molecular flexibility index (Phi) is 6.01. The van der Waals surface area contributed by atoms with Gasteiger partial charge in [-0.1, -0.05) is 6.92 Å². The molecule has 0 saturated carbocycles. The summed E-state index contributed by atoms with van der Waals surface area (Å²) in [6.45, 7) is 4.44. The second-order valence-corrected chi connectivity index (χ2v) is 5.48. The Labute approximate surface area is 116 Å². The monoisotopic (exact) mass is 286 g/mol. The smallest absolute Gasteiger partial charge is 0.330 e. The maximum atomic E-state index is 11.8. The third-order valence-electron chi connectivity index (χ3n) is 2.83. The van der Waals surface area contributed by atoms with Crippen LogP contribution < -0.4 is 22.3 Å². The quantitative estimate of drug-likeness (QED) is 0.697. The molecule has 0 fully saturated rings. The van der Waals surface area contributed by atoms with Crippen molar-refractivity contribution in [3.63, 3.8) is 0 Å². The molecule has 0 aliphatic heterocycles. The van der Waals surface area contributed by atoms with Gasteiger partial charge < -0.3 is 11.1 Å². The Morgan fingerprint density at radius 1 is 1.47 bits per heavy atom. The minimum atomic E-state index is -0.453. The van der Waals surface area contributed by atoms with Gasteiger partial charge in [0.1, 0.15) is 11.5 Å². The van der Waals surface area contributed by atoms with Crippen molar-refractivity contribution in [2.24, 2.45) is 0 Å². The van der Waals surface area contributed by atoms with Gasteiger partial charge in [-0.15, -0.1) is 0 Å². The van der Waals surface area contributed by atoms with Crippen LogP contribution in [0.4, 0.5) is 11.5 Å². The molecule has 0 aliphatic carbocycles. The van der Waals surface area contributed by atoms with Crippen LogP contribution in [-0.4, -0.2) is 27.6 Å². The van der Waals surface area contributed by atoms with Crippen molar-refractivity contribution in [2.45, 2.75) is 39.3 Å². The number of thioether (sulfide) groups is 1. The molecule has 1 atom stereocenters. The molecule has 0 saturated heterocycles. The fourth-order valence-corrected chi connectivity index (χ4v) is 2.38. The summed E-state index contributed by atoms with van der Waals surface area (Å²) < 4.78 is 1.39. The van der Waals surface area contributed by atoms with Gasteiger partial charge in [0.2, 0.25) is 0 Å². The van der Waals surface area contributed by atoms with Crippen molar-refractivity contribution in [3.8, 4) is 0 Å². The van der Waals surface area contributed by atoms with Crippen LogP contribution in [0.1, 0.15) is 26.7 Å². The molecule has 1 aromatic heterocycles. The molecule has 7 heteroatoms. The number of hydrogen-bond acceptors (Lipinski definition) is 5.